The highest BCUT2D eigenvalue weighted by Crippen LogP contribution is 2.35. The van der Waals surface area contributed by atoms with E-state index >= 15 is 0 Å². The van der Waals surface area contributed by atoms with Crippen molar-refractivity contribution in [1.82, 2.24) is 19.7 Å². The third-order valence-electron chi connectivity index (χ3n) is 5.46. The minimum absolute atomic E-state index is 0.0984. The molecule has 0 atom stereocenters. The molecule has 2 aromatic heterocycles. The van der Waals surface area contributed by atoms with E-state index in [1.165, 1.54) is 5.69 Å². The molecule has 1 saturated heterocycles. The van der Waals surface area contributed by atoms with Gasteiger partial charge in [-0.2, -0.15) is 5.10 Å². The summed E-state index contributed by atoms with van der Waals surface area (Å²) in [5.41, 5.74) is 3.28. The van der Waals surface area contributed by atoms with E-state index in [1.807, 2.05) is 22.9 Å². The molecular formula is C19H24ClN5O2. The van der Waals surface area contributed by atoms with Gasteiger partial charge < -0.3 is 14.5 Å². The first-order chi connectivity index (χ1) is 13.0. The van der Waals surface area contributed by atoms with Crippen molar-refractivity contribution < 1.29 is 9.53 Å². The van der Waals surface area contributed by atoms with E-state index < -0.39 is 0 Å². The van der Waals surface area contributed by atoms with Gasteiger partial charge in [0.1, 0.15) is 5.15 Å². The first kappa shape index (κ1) is 18.3. The van der Waals surface area contributed by atoms with E-state index in [2.05, 4.69) is 9.67 Å². The Balaban J connectivity index is 1.74. The van der Waals surface area contributed by atoms with Crippen molar-refractivity contribution >= 4 is 29.0 Å². The average molecular weight is 390 g/mol. The normalized spacial score (nSPS) is 17.7. The summed E-state index contributed by atoms with van der Waals surface area (Å²) in [6.07, 6.45) is 4.51. The minimum atomic E-state index is 0.0984. The third kappa shape index (κ3) is 3.53. The van der Waals surface area contributed by atoms with Crippen LogP contribution in [0.15, 0.2) is 18.3 Å². The van der Waals surface area contributed by atoms with Crippen LogP contribution in [0.2, 0.25) is 5.15 Å². The van der Waals surface area contributed by atoms with Crippen LogP contribution in [0.25, 0.3) is 0 Å². The zero-order chi connectivity index (χ0) is 19.0. The van der Waals surface area contributed by atoms with Gasteiger partial charge in [-0.1, -0.05) is 11.6 Å². The van der Waals surface area contributed by atoms with Crippen LogP contribution in [-0.4, -0.2) is 52.4 Å². The maximum atomic E-state index is 11.9. The Labute approximate surface area is 163 Å². The van der Waals surface area contributed by atoms with Crippen molar-refractivity contribution in [2.24, 2.45) is 0 Å². The third-order valence-corrected chi connectivity index (χ3v) is 5.69. The number of hydrogen-bond acceptors (Lipinski definition) is 5. The van der Waals surface area contributed by atoms with Crippen molar-refractivity contribution in [1.29, 1.82) is 0 Å². The number of carbonyl (C=O) groups excluding carboxylic acids is 1. The van der Waals surface area contributed by atoms with E-state index in [9.17, 15) is 4.79 Å². The SMILES string of the molecule is CC(=O)N1CCc2c(c(N(C)c3ccc(Cl)nc3)nn2C2CCOCC2)C1. The van der Waals surface area contributed by atoms with Crippen molar-refractivity contribution in [3.8, 4) is 0 Å². The Morgan fingerprint density at radius 3 is 2.78 bits per heavy atom. The minimum Gasteiger partial charge on any atom is -0.381 e. The van der Waals surface area contributed by atoms with Gasteiger partial charge >= 0.3 is 0 Å². The number of halogens is 1. The highest BCUT2D eigenvalue weighted by atomic mass is 35.5. The van der Waals surface area contributed by atoms with Crippen LogP contribution in [0.3, 0.4) is 0 Å². The smallest absolute Gasteiger partial charge is 0.219 e. The molecule has 27 heavy (non-hydrogen) atoms. The molecule has 7 nitrogen and oxygen atoms in total. The van der Waals surface area contributed by atoms with E-state index in [0.29, 0.717) is 17.7 Å². The largest absolute Gasteiger partial charge is 0.381 e. The van der Waals surface area contributed by atoms with Crippen LogP contribution in [0, 0.1) is 0 Å². The Morgan fingerprint density at radius 1 is 1.33 bits per heavy atom. The molecule has 0 radical (unpaired) electrons. The molecule has 4 heterocycles. The molecule has 2 aromatic rings. The molecule has 2 aliphatic rings. The summed E-state index contributed by atoms with van der Waals surface area (Å²) in [7, 11) is 1.98. The predicted molar refractivity (Wildman–Crippen MR) is 103 cm³/mol. The van der Waals surface area contributed by atoms with Gasteiger partial charge in [-0.05, 0) is 25.0 Å². The average Bonchev–Trinajstić information content (AvgIpc) is 3.07. The Morgan fingerprint density at radius 2 is 2.11 bits per heavy atom. The molecule has 0 aliphatic carbocycles. The summed E-state index contributed by atoms with van der Waals surface area (Å²) in [6.45, 7) is 4.49. The Hall–Kier alpha value is -2.12. The predicted octanol–water partition coefficient (Wildman–Crippen LogP) is 2.96. The fraction of sp³-hybridized carbons (Fsp3) is 0.526. The Kier molecular flexibility index (Phi) is 5.06. The Bertz CT molecular complexity index is 829. The van der Waals surface area contributed by atoms with Crippen LogP contribution in [-0.2, 0) is 22.5 Å². The standard InChI is InChI=1S/C19H24ClN5O2/c1-13(26)24-8-5-17-16(12-24)19(22-25(17)14-6-9-27-10-7-14)23(2)15-3-4-18(20)21-11-15/h3-4,11,14H,5-10,12H2,1-2H3. The van der Waals surface area contributed by atoms with Gasteiger partial charge in [0, 0.05) is 51.4 Å². The maximum absolute atomic E-state index is 11.9. The molecule has 144 valence electrons. The van der Waals surface area contributed by atoms with Crippen LogP contribution >= 0.6 is 11.6 Å². The second-order valence-electron chi connectivity index (χ2n) is 7.13. The molecular weight excluding hydrogens is 366 g/mol. The second kappa shape index (κ2) is 7.48. The number of anilines is 2. The molecule has 0 unspecified atom stereocenters. The summed E-state index contributed by atoms with van der Waals surface area (Å²) in [4.78, 5) is 20.0. The quantitative estimate of drug-likeness (QED) is 0.755. The molecule has 2 aliphatic heterocycles. The number of amides is 1. The molecule has 0 saturated carbocycles. The van der Waals surface area contributed by atoms with Gasteiger partial charge in [-0.15, -0.1) is 0 Å². The first-order valence-electron chi connectivity index (χ1n) is 9.33. The number of fused-ring (bicyclic) bond motifs is 1. The second-order valence-corrected chi connectivity index (χ2v) is 7.51. The highest BCUT2D eigenvalue weighted by Gasteiger charge is 2.31. The van der Waals surface area contributed by atoms with Crippen LogP contribution in [0.5, 0.6) is 0 Å². The molecule has 0 aromatic carbocycles. The van der Waals surface area contributed by atoms with Gasteiger partial charge in [-0.25, -0.2) is 4.98 Å². The summed E-state index contributed by atoms with van der Waals surface area (Å²) in [6, 6.07) is 4.06. The lowest BCUT2D eigenvalue weighted by Crippen LogP contribution is -2.35. The van der Waals surface area contributed by atoms with E-state index in [-0.39, 0.29) is 5.91 Å². The summed E-state index contributed by atoms with van der Waals surface area (Å²) < 4.78 is 7.71. The number of nitrogens with zero attached hydrogens (tertiary/aromatic N) is 5. The topological polar surface area (TPSA) is 63.5 Å². The van der Waals surface area contributed by atoms with Crippen molar-refractivity contribution in [2.45, 2.75) is 38.8 Å². The fourth-order valence-electron chi connectivity index (χ4n) is 3.89. The lowest BCUT2D eigenvalue weighted by atomic mass is 10.0. The van der Waals surface area contributed by atoms with Crippen LogP contribution < -0.4 is 4.90 Å². The molecule has 0 bridgehead atoms. The number of pyridine rings is 1. The van der Waals surface area contributed by atoms with Gasteiger partial charge in [-0.3, -0.25) is 9.48 Å². The molecule has 0 spiro atoms. The lowest BCUT2D eigenvalue weighted by Gasteiger charge is -2.29. The molecule has 0 N–H and O–H groups in total. The zero-order valence-corrected chi connectivity index (χ0v) is 16.4. The number of rotatable bonds is 3. The van der Waals surface area contributed by atoms with Crippen LogP contribution in [0.1, 0.15) is 37.1 Å². The lowest BCUT2D eigenvalue weighted by molar-refractivity contribution is -0.129. The molecule has 4 rings (SSSR count). The summed E-state index contributed by atoms with van der Waals surface area (Å²) >= 11 is 5.93. The number of aromatic nitrogens is 3. The first-order valence-corrected chi connectivity index (χ1v) is 9.71. The highest BCUT2D eigenvalue weighted by molar-refractivity contribution is 6.29. The molecule has 8 heteroatoms. The van der Waals surface area contributed by atoms with Gasteiger partial charge in [0.2, 0.25) is 5.91 Å². The van der Waals surface area contributed by atoms with Crippen LogP contribution in [0.4, 0.5) is 11.5 Å². The van der Waals surface area contributed by atoms with Crippen molar-refractivity contribution in [3.63, 3.8) is 0 Å². The number of carbonyl (C=O) groups is 1. The van der Waals surface area contributed by atoms with Gasteiger partial charge in [0.05, 0.1) is 24.5 Å². The monoisotopic (exact) mass is 389 g/mol. The van der Waals surface area contributed by atoms with E-state index in [0.717, 1.165) is 56.1 Å². The fourth-order valence-corrected chi connectivity index (χ4v) is 4.00. The number of ether oxygens (including phenoxy) is 1. The maximum Gasteiger partial charge on any atom is 0.219 e. The van der Waals surface area contributed by atoms with E-state index in [4.69, 9.17) is 21.4 Å². The van der Waals surface area contributed by atoms with Crippen molar-refractivity contribution in [3.05, 3.63) is 34.7 Å². The van der Waals surface area contributed by atoms with Crippen molar-refractivity contribution in [2.75, 3.05) is 31.7 Å². The molecule has 1 amide bonds. The summed E-state index contributed by atoms with van der Waals surface area (Å²) in [5.74, 6) is 0.979. The molecule has 1 fully saturated rings. The summed E-state index contributed by atoms with van der Waals surface area (Å²) in [5, 5.41) is 5.46. The van der Waals surface area contributed by atoms with E-state index in [1.54, 1.807) is 19.2 Å². The zero-order valence-electron chi connectivity index (χ0n) is 15.7. The number of hydrogen-bond donors (Lipinski definition) is 0. The van der Waals surface area contributed by atoms with Gasteiger partial charge in [0.15, 0.2) is 5.82 Å². The van der Waals surface area contributed by atoms with Gasteiger partial charge in [0.25, 0.3) is 0 Å².